The van der Waals surface area contributed by atoms with Crippen molar-refractivity contribution in [1.82, 2.24) is 0 Å². The van der Waals surface area contributed by atoms with Gasteiger partial charge < -0.3 is 0 Å². The van der Waals surface area contributed by atoms with E-state index in [2.05, 4.69) is 41.5 Å². The second-order valence-electron chi connectivity index (χ2n) is 5.46. The molecule has 0 nitrogen and oxygen atoms in total. The first-order valence-corrected chi connectivity index (χ1v) is 5.46. The molecule has 1 aliphatic carbocycles. The van der Waals surface area contributed by atoms with Crippen LogP contribution in [0.2, 0.25) is 0 Å². The van der Waals surface area contributed by atoms with Gasteiger partial charge in [-0.2, -0.15) is 0 Å². The molecule has 1 aliphatic rings. The predicted molar refractivity (Wildman–Crippen MR) is 61.7 cm³/mol. The zero-order chi connectivity index (χ0) is 9.46. The van der Waals surface area contributed by atoms with Crippen LogP contribution in [0.15, 0.2) is 0 Å². The molecule has 0 heteroatoms. The lowest BCUT2D eigenvalue weighted by Crippen LogP contribution is -1.97. The molecule has 0 aromatic rings. The molecule has 80 valence electrons. The zero-order valence-corrected chi connectivity index (χ0v) is 9.46. The van der Waals surface area contributed by atoms with E-state index in [-0.39, 0.29) is 7.43 Å². The third-order valence-electron chi connectivity index (χ3n) is 3.50. The van der Waals surface area contributed by atoms with Crippen LogP contribution >= 0.6 is 0 Å². The minimum absolute atomic E-state index is 0. The summed E-state index contributed by atoms with van der Waals surface area (Å²) in [7, 11) is 0. The van der Waals surface area contributed by atoms with Gasteiger partial charge in [0.2, 0.25) is 0 Å². The van der Waals surface area contributed by atoms with E-state index >= 15 is 0 Å². The molecule has 0 aliphatic heterocycles. The Hall–Kier alpha value is 0. The lowest BCUT2D eigenvalue weighted by Gasteiger charge is -2.04. The van der Waals surface area contributed by atoms with Crippen LogP contribution in [0.1, 0.15) is 49.0 Å². The summed E-state index contributed by atoms with van der Waals surface area (Å²) in [6.07, 6.45) is 0. The molecule has 0 radical (unpaired) electrons. The second kappa shape index (κ2) is 4.48. The standard InChI is InChI=1S/C12H24.CH4/c1-7(2)10-11(8(3)4)12(10)9(5)6;/h7-12H,1-6H3;1H4. The third-order valence-corrected chi connectivity index (χ3v) is 3.50. The first-order chi connectivity index (χ1) is 5.46. The summed E-state index contributed by atoms with van der Waals surface area (Å²) in [6.45, 7) is 14.3. The van der Waals surface area contributed by atoms with Gasteiger partial charge in [-0.1, -0.05) is 49.0 Å². The van der Waals surface area contributed by atoms with E-state index in [1.54, 1.807) is 0 Å². The minimum Gasteiger partial charge on any atom is -0.0776 e. The van der Waals surface area contributed by atoms with Gasteiger partial charge in [0.05, 0.1) is 0 Å². The van der Waals surface area contributed by atoms with Gasteiger partial charge in [-0.25, -0.2) is 0 Å². The summed E-state index contributed by atoms with van der Waals surface area (Å²) in [5.41, 5.74) is 0. The van der Waals surface area contributed by atoms with E-state index in [9.17, 15) is 0 Å². The summed E-state index contributed by atoms with van der Waals surface area (Å²) in [5.74, 6) is 5.74. The monoisotopic (exact) mass is 184 g/mol. The van der Waals surface area contributed by atoms with Crippen LogP contribution in [0.25, 0.3) is 0 Å². The molecule has 13 heavy (non-hydrogen) atoms. The lowest BCUT2D eigenvalue weighted by atomic mass is 10.0. The molecule has 1 saturated carbocycles. The molecule has 0 aromatic carbocycles. The smallest absolute Gasteiger partial charge is 0.0324 e. The maximum atomic E-state index is 2.38. The molecule has 0 unspecified atom stereocenters. The highest BCUT2D eigenvalue weighted by atomic mass is 14.6. The quantitative estimate of drug-likeness (QED) is 0.608. The van der Waals surface area contributed by atoms with Crippen LogP contribution in [0.3, 0.4) is 0 Å². The highest BCUT2D eigenvalue weighted by Crippen LogP contribution is 2.58. The van der Waals surface area contributed by atoms with Crippen molar-refractivity contribution in [3.63, 3.8) is 0 Å². The SMILES string of the molecule is C.CC(C)C1C(C(C)C)C1C(C)C. The maximum absolute atomic E-state index is 2.38. The van der Waals surface area contributed by atoms with Crippen molar-refractivity contribution in [3.05, 3.63) is 0 Å². The fraction of sp³-hybridized carbons (Fsp3) is 1.00. The van der Waals surface area contributed by atoms with Crippen LogP contribution in [0.4, 0.5) is 0 Å². The van der Waals surface area contributed by atoms with Crippen LogP contribution in [-0.2, 0) is 0 Å². The van der Waals surface area contributed by atoms with E-state index in [1.165, 1.54) is 0 Å². The van der Waals surface area contributed by atoms with Crippen molar-refractivity contribution >= 4 is 0 Å². The van der Waals surface area contributed by atoms with Gasteiger partial charge in [0.25, 0.3) is 0 Å². The molecule has 0 amide bonds. The van der Waals surface area contributed by atoms with Gasteiger partial charge in [0, 0.05) is 0 Å². The lowest BCUT2D eigenvalue weighted by molar-refractivity contribution is 0.448. The Bertz CT molecular complexity index is 110. The van der Waals surface area contributed by atoms with Gasteiger partial charge in [-0.3, -0.25) is 0 Å². The summed E-state index contributed by atoms with van der Waals surface area (Å²) in [5, 5.41) is 0. The van der Waals surface area contributed by atoms with E-state index in [1.807, 2.05) is 0 Å². The molecule has 0 N–H and O–H groups in total. The van der Waals surface area contributed by atoms with Crippen molar-refractivity contribution in [2.24, 2.45) is 35.5 Å². The minimum atomic E-state index is 0. The Morgan fingerprint density at radius 1 is 0.538 bits per heavy atom. The second-order valence-corrected chi connectivity index (χ2v) is 5.46. The average molecular weight is 184 g/mol. The number of hydrogen-bond donors (Lipinski definition) is 0. The Morgan fingerprint density at radius 2 is 0.692 bits per heavy atom. The summed E-state index contributed by atoms with van der Waals surface area (Å²) >= 11 is 0. The summed E-state index contributed by atoms with van der Waals surface area (Å²) < 4.78 is 0. The number of hydrogen-bond acceptors (Lipinski definition) is 0. The first kappa shape index (κ1) is 13.0. The van der Waals surface area contributed by atoms with Crippen LogP contribution < -0.4 is 0 Å². The van der Waals surface area contributed by atoms with Gasteiger partial charge in [-0.05, 0) is 35.5 Å². The topological polar surface area (TPSA) is 0 Å². The van der Waals surface area contributed by atoms with Crippen LogP contribution in [0, 0.1) is 35.5 Å². The zero-order valence-electron chi connectivity index (χ0n) is 9.46. The summed E-state index contributed by atoms with van der Waals surface area (Å²) in [4.78, 5) is 0. The fourth-order valence-electron chi connectivity index (χ4n) is 3.05. The molecule has 0 aromatic heterocycles. The van der Waals surface area contributed by atoms with Crippen molar-refractivity contribution in [3.8, 4) is 0 Å². The maximum Gasteiger partial charge on any atom is -0.0324 e. The molecule has 0 bridgehead atoms. The molecule has 0 saturated heterocycles. The van der Waals surface area contributed by atoms with Crippen LogP contribution in [0.5, 0.6) is 0 Å². The largest absolute Gasteiger partial charge is 0.0776 e. The van der Waals surface area contributed by atoms with Crippen molar-refractivity contribution in [1.29, 1.82) is 0 Å². The highest BCUT2D eigenvalue weighted by molar-refractivity contribution is 5.00. The van der Waals surface area contributed by atoms with Crippen molar-refractivity contribution < 1.29 is 0 Å². The predicted octanol–water partition coefficient (Wildman–Crippen LogP) is 4.45. The van der Waals surface area contributed by atoms with Gasteiger partial charge >= 0.3 is 0 Å². The molecular weight excluding hydrogens is 156 g/mol. The molecular formula is C13H28. The van der Waals surface area contributed by atoms with Crippen LogP contribution in [-0.4, -0.2) is 0 Å². The summed E-state index contributed by atoms with van der Waals surface area (Å²) in [6, 6.07) is 0. The van der Waals surface area contributed by atoms with Crippen molar-refractivity contribution in [2.45, 2.75) is 49.0 Å². The molecule has 1 fully saturated rings. The van der Waals surface area contributed by atoms with E-state index in [0.717, 1.165) is 35.5 Å². The van der Waals surface area contributed by atoms with Gasteiger partial charge in [0.1, 0.15) is 0 Å². The number of rotatable bonds is 3. The Balaban J connectivity index is 0.00000144. The van der Waals surface area contributed by atoms with E-state index in [0.29, 0.717) is 0 Å². The molecule has 0 spiro atoms. The van der Waals surface area contributed by atoms with E-state index in [4.69, 9.17) is 0 Å². The molecule has 0 atom stereocenters. The highest BCUT2D eigenvalue weighted by Gasteiger charge is 2.53. The third kappa shape index (κ3) is 2.48. The van der Waals surface area contributed by atoms with Gasteiger partial charge in [0.15, 0.2) is 0 Å². The Morgan fingerprint density at radius 3 is 0.769 bits per heavy atom. The normalized spacial score (nSPS) is 32.5. The fourth-order valence-corrected chi connectivity index (χ4v) is 3.05. The molecule has 0 heterocycles. The first-order valence-electron chi connectivity index (χ1n) is 5.46. The van der Waals surface area contributed by atoms with Gasteiger partial charge in [-0.15, -0.1) is 0 Å². The Labute approximate surface area is 85.1 Å². The van der Waals surface area contributed by atoms with Crippen molar-refractivity contribution in [2.75, 3.05) is 0 Å². The Kier molecular flexibility index (Phi) is 4.48. The average Bonchev–Trinajstić information content (AvgIpc) is 2.58. The van der Waals surface area contributed by atoms with E-state index < -0.39 is 0 Å². The molecule has 1 rings (SSSR count).